The number of aliphatic carboxylic acids is 1. The number of hydrogen-bond acceptors (Lipinski definition) is 2. The van der Waals surface area contributed by atoms with Crippen LogP contribution in [-0.4, -0.2) is 34.5 Å². The Bertz CT molecular complexity index is 540. The van der Waals surface area contributed by atoms with Gasteiger partial charge in [-0.3, -0.25) is 9.59 Å². The molecule has 1 amide bonds. The Balaban J connectivity index is 2.18. The number of amides is 1. The van der Waals surface area contributed by atoms with Crippen molar-refractivity contribution in [3.8, 4) is 0 Å². The first-order valence-corrected chi connectivity index (χ1v) is 7.49. The highest BCUT2D eigenvalue weighted by Gasteiger charge is 2.34. The molecule has 1 N–H and O–H groups in total. The maximum absolute atomic E-state index is 12.6. The van der Waals surface area contributed by atoms with Crippen LogP contribution < -0.4 is 0 Å². The first-order chi connectivity index (χ1) is 9.40. The Morgan fingerprint density at radius 2 is 2.10 bits per heavy atom. The number of hydrogen-bond donors (Lipinski definition) is 1. The number of carbonyl (C=O) groups is 2. The van der Waals surface area contributed by atoms with E-state index in [0.29, 0.717) is 5.56 Å². The summed E-state index contributed by atoms with van der Waals surface area (Å²) in [4.78, 5) is 25.3. The molecule has 0 saturated heterocycles. The quantitative estimate of drug-likeness (QED) is 0.896. The summed E-state index contributed by atoms with van der Waals surface area (Å²) in [5.74, 6) is -1.48. The average molecular weight is 340 g/mol. The van der Waals surface area contributed by atoms with E-state index in [4.69, 9.17) is 5.11 Å². The zero-order valence-corrected chi connectivity index (χ0v) is 13.2. The second-order valence-electron chi connectivity index (χ2n) is 5.39. The third kappa shape index (κ3) is 3.39. The molecule has 0 radical (unpaired) electrons. The van der Waals surface area contributed by atoms with Crippen molar-refractivity contribution in [2.45, 2.75) is 32.7 Å². The Hall–Kier alpha value is -1.36. The molecule has 4 nitrogen and oxygen atoms in total. The fourth-order valence-electron chi connectivity index (χ4n) is 2.10. The maximum Gasteiger partial charge on any atom is 0.308 e. The highest BCUT2D eigenvalue weighted by molar-refractivity contribution is 9.10. The molecule has 0 aliphatic heterocycles. The van der Waals surface area contributed by atoms with Crippen molar-refractivity contribution in [2.24, 2.45) is 5.92 Å². The van der Waals surface area contributed by atoms with Crippen LogP contribution in [0.5, 0.6) is 0 Å². The lowest BCUT2D eigenvalue weighted by Crippen LogP contribution is -2.38. The van der Waals surface area contributed by atoms with Crippen LogP contribution in [0.25, 0.3) is 0 Å². The minimum Gasteiger partial charge on any atom is -0.481 e. The van der Waals surface area contributed by atoms with Gasteiger partial charge in [-0.25, -0.2) is 0 Å². The summed E-state index contributed by atoms with van der Waals surface area (Å²) in [6.07, 6.45) is 1.93. The van der Waals surface area contributed by atoms with E-state index in [2.05, 4.69) is 15.9 Å². The van der Waals surface area contributed by atoms with Gasteiger partial charge in [0.25, 0.3) is 5.91 Å². The predicted molar refractivity (Wildman–Crippen MR) is 79.7 cm³/mol. The summed E-state index contributed by atoms with van der Waals surface area (Å²) >= 11 is 3.41. The number of halogens is 1. The first-order valence-electron chi connectivity index (χ1n) is 6.70. The Morgan fingerprint density at radius 3 is 2.60 bits per heavy atom. The lowest BCUT2D eigenvalue weighted by atomic mass is 10.1. The lowest BCUT2D eigenvalue weighted by molar-refractivity contribution is -0.141. The Kier molecular flexibility index (Phi) is 4.48. The summed E-state index contributed by atoms with van der Waals surface area (Å²) in [5, 5.41) is 9.02. The van der Waals surface area contributed by atoms with E-state index in [1.807, 2.05) is 19.1 Å². The summed E-state index contributed by atoms with van der Waals surface area (Å²) in [6.45, 7) is 3.84. The van der Waals surface area contributed by atoms with Crippen molar-refractivity contribution in [2.75, 3.05) is 6.54 Å². The molecule has 1 atom stereocenters. The van der Waals surface area contributed by atoms with E-state index in [-0.39, 0.29) is 18.5 Å². The molecule has 0 spiro atoms. The Morgan fingerprint density at radius 1 is 1.45 bits per heavy atom. The monoisotopic (exact) mass is 339 g/mol. The van der Waals surface area contributed by atoms with Crippen molar-refractivity contribution in [3.63, 3.8) is 0 Å². The number of carboxylic acid groups (broad SMARTS) is 1. The number of aryl methyl sites for hydroxylation is 1. The van der Waals surface area contributed by atoms with E-state index in [1.165, 1.54) is 0 Å². The van der Waals surface area contributed by atoms with Crippen LogP contribution in [0.15, 0.2) is 22.7 Å². The zero-order valence-electron chi connectivity index (χ0n) is 11.6. The van der Waals surface area contributed by atoms with Gasteiger partial charge in [-0.15, -0.1) is 0 Å². The van der Waals surface area contributed by atoms with Crippen LogP contribution in [0, 0.1) is 12.8 Å². The highest BCUT2D eigenvalue weighted by Crippen LogP contribution is 2.29. The van der Waals surface area contributed by atoms with Gasteiger partial charge in [-0.05, 0) is 43.5 Å². The van der Waals surface area contributed by atoms with Crippen molar-refractivity contribution >= 4 is 27.8 Å². The van der Waals surface area contributed by atoms with Crippen LogP contribution >= 0.6 is 15.9 Å². The molecule has 1 aromatic rings. The van der Waals surface area contributed by atoms with Gasteiger partial charge in [0.2, 0.25) is 0 Å². The summed E-state index contributed by atoms with van der Waals surface area (Å²) in [7, 11) is 0. The van der Waals surface area contributed by atoms with Gasteiger partial charge >= 0.3 is 5.97 Å². The van der Waals surface area contributed by atoms with E-state index in [0.717, 1.165) is 22.9 Å². The zero-order chi connectivity index (χ0) is 14.9. The van der Waals surface area contributed by atoms with E-state index < -0.39 is 11.9 Å². The fourth-order valence-corrected chi connectivity index (χ4v) is 2.35. The van der Waals surface area contributed by atoms with E-state index in [1.54, 1.807) is 17.9 Å². The number of carboxylic acids is 1. The minimum atomic E-state index is -0.865. The standard InChI is InChI=1S/C15H18BrNO3/c1-9-7-11(3-6-13(9)16)14(18)17(12-4-5-12)8-10(2)15(19)20/h3,6-7,10,12H,4-5,8H2,1-2H3,(H,19,20). The number of nitrogens with zero attached hydrogens (tertiary/aromatic N) is 1. The predicted octanol–water partition coefficient (Wildman–Crippen LogP) is 3.08. The summed E-state index contributed by atoms with van der Waals surface area (Å²) in [5.41, 5.74) is 1.62. The molecule has 0 heterocycles. The van der Waals surface area contributed by atoms with Crippen LogP contribution in [0.2, 0.25) is 0 Å². The maximum atomic E-state index is 12.6. The van der Waals surface area contributed by atoms with Crippen LogP contribution in [0.4, 0.5) is 0 Å². The number of benzene rings is 1. The van der Waals surface area contributed by atoms with Gasteiger partial charge in [0.15, 0.2) is 0 Å². The fraction of sp³-hybridized carbons (Fsp3) is 0.467. The molecule has 108 valence electrons. The van der Waals surface area contributed by atoms with Gasteiger partial charge in [-0.2, -0.15) is 0 Å². The van der Waals surface area contributed by atoms with Gasteiger partial charge in [0, 0.05) is 22.6 Å². The van der Waals surface area contributed by atoms with Gasteiger partial charge in [-0.1, -0.05) is 22.9 Å². The van der Waals surface area contributed by atoms with Crippen LogP contribution in [0.3, 0.4) is 0 Å². The highest BCUT2D eigenvalue weighted by atomic mass is 79.9. The summed E-state index contributed by atoms with van der Waals surface area (Å²) < 4.78 is 0.964. The average Bonchev–Trinajstić information content (AvgIpc) is 3.22. The van der Waals surface area contributed by atoms with Crippen molar-refractivity contribution < 1.29 is 14.7 Å². The van der Waals surface area contributed by atoms with Crippen molar-refractivity contribution in [3.05, 3.63) is 33.8 Å². The molecule has 20 heavy (non-hydrogen) atoms. The third-order valence-corrected chi connectivity index (χ3v) is 4.44. The Labute approximate surface area is 126 Å². The van der Waals surface area contributed by atoms with Crippen molar-refractivity contribution in [1.82, 2.24) is 4.90 Å². The van der Waals surface area contributed by atoms with E-state index in [9.17, 15) is 9.59 Å². The second kappa shape index (κ2) is 5.95. The molecule has 1 aliphatic carbocycles. The molecule has 5 heteroatoms. The molecule has 0 aromatic heterocycles. The van der Waals surface area contributed by atoms with Crippen LogP contribution in [-0.2, 0) is 4.79 Å². The van der Waals surface area contributed by atoms with Crippen LogP contribution in [0.1, 0.15) is 35.7 Å². The topological polar surface area (TPSA) is 57.6 Å². The third-order valence-electron chi connectivity index (χ3n) is 3.55. The molecule has 1 fully saturated rings. The summed E-state index contributed by atoms with van der Waals surface area (Å²) in [6, 6.07) is 5.68. The normalized spacial score (nSPS) is 15.8. The second-order valence-corrected chi connectivity index (χ2v) is 6.25. The molecular weight excluding hydrogens is 322 g/mol. The molecule has 0 bridgehead atoms. The number of rotatable bonds is 5. The van der Waals surface area contributed by atoms with Gasteiger partial charge in [0.1, 0.15) is 0 Å². The molecule has 1 unspecified atom stereocenters. The molecule has 1 aromatic carbocycles. The smallest absolute Gasteiger partial charge is 0.308 e. The first kappa shape index (κ1) is 15.0. The lowest BCUT2D eigenvalue weighted by Gasteiger charge is -2.24. The molecule has 1 saturated carbocycles. The van der Waals surface area contributed by atoms with Crippen molar-refractivity contribution in [1.29, 1.82) is 0 Å². The van der Waals surface area contributed by atoms with Gasteiger partial charge < -0.3 is 10.0 Å². The minimum absolute atomic E-state index is 0.0730. The van der Waals surface area contributed by atoms with Gasteiger partial charge in [0.05, 0.1) is 5.92 Å². The number of carbonyl (C=O) groups excluding carboxylic acids is 1. The molecule has 2 rings (SSSR count). The SMILES string of the molecule is Cc1cc(C(=O)N(CC(C)C(=O)O)C2CC2)ccc1Br. The molecule has 1 aliphatic rings. The largest absolute Gasteiger partial charge is 0.481 e. The van der Waals surface area contributed by atoms with E-state index >= 15 is 0 Å². The molecular formula is C15H18BrNO3.